The molecule has 1 amide bonds. The average molecular weight is 401 g/mol. The van der Waals surface area contributed by atoms with Crippen LogP contribution in [0.3, 0.4) is 0 Å². The van der Waals surface area contributed by atoms with Crippen LogP contribution in [0.5, 0.6) is 17.2 Å². The molecule has 7 nitrogen and oxygen atoms in total. The van der Waals surface area contributed by atoms with E-state index in [1.54, 1.807) is 30.3 Å². The first-order chi connectivity index (χ1) is 13.8. The number of amides is 1. The van der Waals surface area contributed by atoms with Gasteiger partial charge in [0, 0.05) is 11.8 Å². The molecule has 0 bridgehead atoms. The van der Waals surface area contributed by atoms with Gasteiger partial charge in [-0.3, -0.25) is 4.79 Å². The van der Waals surface area contributed by atoms with Gasteiger partial charge in [-0.25, -0.2) is 4.79 Å². The Bertz CT molecular complexity index is 832. The summed E-state index contributed by atoms with van der Waals surface area (Å²) in [6, 6.07) is 12.5. The summed E-state index contributed by atoms with van der Waals surface area (Å²) in [4.78, 5) is 24.3. The molecule has 0 saturated heterocycles. The third-order valence-electron chi connectivity index (χ3n) is 4.23. The van der Waals surface area contributed by atoms with Gasteiger partial charge in [0.15, 0.2) is 24.2 Å². The normalized spacial score (nSPS) is 11.5. The van der Waals surface area contributed by atoms with Gasteiger partial charge in [0.2, 0.25) is 0 Å². The molecule has 0 spiro atoms. The van der Waals surface area contributed by atoms with Gasteiger partial charge in [-0.05, 0) is 42.7 Å². The number of hydrogen-bond acceptors (Lipinski definition) is 6. The molecule has 1 N–H and O–H groups in total. The van der Waals surface area contributed by atoms with E-state index in [1.807, 2.05) is 12.1 Å². The summed E-state index contributed by atoms with van der Waals surface area (Å²) < 4.78 is 20.9. The number of benzene rings is 2. The first kappa shape index (κ1) is 22.1. The zero-order valence-electron chi connectivity index (χ0n) is 17.4. The lowest BCUT2D eigenvalue weighted by atomic mass is 10.0. The largest absolute Gasteiger partial charge is 0.493 e. The second-order valence-corrected chi connectivity index (χ2v) is 6.70. The molecule has 2 aromatic carbocycles. The van der Waals surface area contributed by atoms with Gasteiger partial charge >= 0.3 is 5.97 Å². The number of hydrogen-bond donors (Lipinski definition) is 1. The molecule has 0 fully saturated rings. The summed E-state index contributed by atoms with van der Waals surface area (Å²) in [6.07, 6.45) is -0.984. The molecule has 2 rings (SSSR count). The Kier molecular flexibility index (Phi) is 7.88. The van der Waals surface area contributed by atoms with Crippen molar-refractivity contribution in [3.05, 3.63) is 48.0 Å². The molecule has 29 heavy (non-hydrogen) atoms. The fraction of sp³-hybridized carbons (Fsp3) is 0.364. The summed E-state index contributed by atoms with van der Waals surface area (Å²) in [5, 5.41) is 2.67. The fourth-order valence-corrected chi connectivity index (χ4v) is 2.53. The zero-order valence-corrected chi connectivity index (χ0v) is 17.4. The van der Waals surface area contributed by atoms with E-state index in [1.165, 1.54) is 26.7 Å². The van der Waals surface area contributed by atoms with Crippen LogP contribution in [-0.2, 0) is 14.3 Å². The predicted octanol–water partition coefficient (Wildman–Crippen LogP) is 3.78. The molecule has 0 aromatic heterocycles. The predicted molar refractivity (Wildman–Crippen MR) is 110 cm³/mol. The van der Waals surface area contributed by atoms with E-state index in [4.69, 9.17) is 18.9 Å². The molecule has 156 valence electrons. The summed E-state index contributed by atoms with van der Waals surface area (Å²) in [6.45, 7) is 5.41. The monoisotopic (exact) mass is 401 g/mol. The van der Waals surface area contributed by atoms with Crippen LogP contribution in [0, 0.1) is 0 Å². The van der Waals surface area contributed by atoms with E-state index in [9.17, 15) is 9.59 Å². The number of rotatable bonds is 9. The fourth-order valence-electron chi connectivity index (χ4n) is 2.53. The van der Waals surface area contributed by atoms with Crippen molar-refractivity contribution < 1.29 is 28.5 Å². The lowest BCUT2D eigenvalue weighted by Gasteiger charge is -2.15. The van der Waals surface area contributed by atoms with Gasteiger partial charge in [0.1, 0.15) is 5.75 Å². The lowest BCUT2D eigenvalue weighted by molar-refractivity contribution is -0.155. The van der Waals surface area contributed by atoms with Crippen LogP contribution in [-0.4, -0.2) is 38.8 Å². The molecule has 1 unspecified atom stereocenters. The van der Waals surface area contributed by atoms with E-state index in [0.29, 0.717) is 28.9 Å². The minimum Gasteiger partial charge on any atom is -0.493 e. The second kappa shape index (κ2) is 10.4. The molecular weight excluding hydrogens is 374 g/mol. The van der Waals surface area contributed by atoms with Crippen molar-refractivity contribution >= 4 is 17.6 Å². The Hall–Kier alpha value is -3.22. The minimum absolute atomic E-state index is 0.283. The molecule has 0 saturated carbocycles. The highest BCUT2D eigenvalue weighted by molar-refractivity contribution is 5.95. The van der Waals surface area contributed by atoms with Gasteiger partial charge in [0.25, 0.3) is 5.91 Å². The molecule has 7 heteroatoms. The number of methoxy groups -OCH3 is 2. The highest BCUT2D eigenvalue weighted by atomic mass is 16.6. The molecule has 1 atom stereocenters. The quantitative estimate of drug-likeness (QED) is 0.644. The van der Waals surface area contributed by atoms with Gasteiger partial charge in [-0.1, -0.05) is 26.0 Å². The summed E-state index contributed by atoms with van der Waals surface area (Å²) in [5.41, 5.74) is 1.68. The second-order valence-electron chi connectivity index (χ2n) is 6.70. The average Bonchev–Trinajstić information content (AvgIpc) is 2.72. The Morgan fingerprint density at radius 1 is 0.931 bits per heavy atom. The maximum atomic E-state index is 12.3. The van der Waals surface area contributed by atoms with Crippen molar-refractivity contribution in [3.8, 4) is 17.2 Å². The molecule has 0 aliphatic heterocycles. The number of carbonyl (C=O) groups is 2. The Labute approximate surface area is 170 Å². The van der Waals surface area contributed by atoms with E-state index >= 15 is 0 Å². The number of anilines is 1. The van der Waals surface area contributed by atoms with Gasteiger partial charge < -0.3 is 24.3 Å². The van der Waals surface area contributed by atoms with E-state index < -0.39 is 18.0 Å². The Morgan fingerprint density at radius 2 is 1.59 bits per heavy atom. The van der Waals surface area contributed by atoms with Crippen molar-refractivity contribution in [2.24, 2.45) is 0 Å². The first-order valence-electron chi connectivity index (χ1n) is 9.29. The summed E-state index contributed by atoms with van der Waals surface area (Å²) in [7, 11) is 3.03. The third kappa shape index (κ3) is 6.41. The van der Waals surface area contributed by atoms with Crippen molar-refractivity contribution in [1.82, 2.24) is 0 Å². The molecule has 2 aromatic rings. The standard InChI is InChI=1S/C22H27NO6/c1-14(2)16-6-9-18(10-7-16)28-13-21(24)29-15(3)22(25)23-17-8-11-19(26-4)20(12-17)27-5/h6-12,14-15H,13H2,1-5H3,(H,23,25). The Morgan fingerprint density at radius 3 is 2.17 bits per heavy atom. The lowest BCUT2D eigenvalue weighted by Crippen LogP contribution is -2.31. The molecular formula is C22H27NO6. The zero-order chi connectivity index (χ0) is 21.4. The van der Waals surface area contributed by atoms with Crippen LogP contribution in [0.2, 0.25) is 0 Å². The maximum absolute atomic E-state index is 12.3. The highest BCUT2D eigenvalue weighted by Crippen LogP contribution is 2.29. The highest BCUT2D eigenvalue weighted by Gasteiger charge is 2.19. The van der Waals surface area contributed by atoms with Crippen LogP contribution < -0.4 is 19.5 Å². The minimum atomic E-state index is -0.984. The van der Waals surface area contributed by atoms with Crippen LogP contribution in [0.4, 0.5) is 5.69 Å². The van der Waals surface area contributed by atoms with Crippen molar-refractivity contribution in [2.45, 2.75) is 32.8 Å². The van der Waals surface area contributed by atoms with Crippen LogP contribution in [0.1, 0.15) is 32.3 Å². The number of esters is 1. The number of carbonyl (C=O) groups excluding carboxylic acids is 2. The van der Waals surface area contributed by atoms with Crippen molar-refractivity contribution in [2.75, 3.05) is 26.1 Å². The Balaban J connectivity index is 1.84. The van der Waals surface area contributed by atoms with E-state index in [-0.39, 0.29) is 6.61 Å². The smallest absolute Gasteiger partial charge is 0.344 e. The first-order valence-corrected chi connectivity index (χ1v) is 9.29. The van der Waals surface area contributed by atoms with Crippen molar-refractivity contribution in [1.29, 1.82) is 0 Å². The van der Waals surface area contributed by atoms with Gasteiger partial charge in [-0.15, -0.1) is 0 Å². The van der Waals surface area contributed by atoms with Crippen LogP contribution in [0.25, 0.3) is 0 Å². The maximum Gasteiger partial charge on any atom is 0.344 e. The molecule has 0 aliphatic rings. The van der Waals surface area contributed by atoms with Crippen molar-refractivity contribution in [3.63, 3.8) is 0 Å². The topological polar surface area (TPSA) is 83.1 Å². The summed E-state index contributed by atoms with van der Waals surface area (Å²) in [5.74, 6) is 0.906. The summed E-state index contributed by atoms with van der Waals surface area (Å²) >= 11 is 0. The molecule has 0 radical (unpaired) electrons. The molecule has 0 aliphatic carbocycles. The SMILES string of the molecule is COc1ccc(NC(=O)C(C)OC(=O)COc2ccc(C(C)C)cc2)cc1OC. The van der Waals surface area contributed by atoms with Gasteiger partial charge in [-0.2, -0.15) is 0 Å². The van der Waals surface area contributed by atoms with E-state index in [0.717, 1.165) is 0 Å². The van der Waals surface area contributed by atoms with Crippen LogP contribution >= 0.6 is 0 Å². The van der Waals surface area contributed by atoms with E-state index in [2.05, 4.69) is 19.2 Å². The van der Waals surface area contributed by atoms with Gasteiger partial charge in [0.05, 0.1) is 14.2 Å². The van der Waals surface area contributed by atoms with Crippen LogP contribution in [0.15, 0.2) is 42.5 Å². The third-order valence-corrected chi connectivity index (χ3v) is 4.23. The number of ether oxygens (including phenoxy) is 4. The number of nitrogens with one attached hydrogen (secondary N) is 1. The molecule has 0 heterocycles.